The highest BCUT2D eigenvalue weighted by molar-refractivity contribution is 7.10. The molecular weight excluding hydrogens is 228 g/mol. The van der Waals surface area contributed by atoms with Crippen molar-refractivity contribution >= 4 is 34.5 Å². The summed E-state index contributed by atoms with van der Waals surface area (Å²) in [6.07, 6.45) is 4.16. The summed E-state index contributed by atoms with van der Waals surface area (Å²) < 4.78 is 2.11. The largest absolute Gasteiger partial charge is 0.328 e. The Morgan fingerprint density at radius 2 is 2.00 bits per heavy atom. The molecule has 0 saturated carbocycles. The van der Waals surface area contributed by atoms with Crippen molar-refractivity contribution < 1.29 is 0 Å². The van der Waals surface area contributed by atoms with Crippen LogP contribution >= 0.6 is 11.3 Å². The Kier molecular flexibility index (Phi) is 2.53. The van der Waals surface area contributed by atoms with Gasteiger partial charge < -0.3 is 4.57 Å². The molecule has 0 bridgehead atoms. The first-order chi connectivity index (χ1) is 8.34. The van der Waals surface area contributed by atoms with Gasteiger partial charge in [0.05, 0.1) is 11.0 Å². The van der Waals surface area contributed by atoms with Gasteiger partial charge in [0.1, 0.15) is 5.82 Å². The Morgan fingerprint density at radius 1 is 1.12 bits per heavy atom. The number of aryl methyl sites for hydroxylation is 1. The molecule has 0 radical (unpaired) electrons. The summed E-state index contributed by atoms with van der Waals surface area (Å²) in [5.41, 5.74) is 2.21. The fraction of sp³-hybridized carbons (Fsp3) is 0.0714. The lowest BCUT2D eigenvalue weighted by Gasteiger charge is -1.95. The van der Waals surface area contributed by atoms with Gasteiger partial charge in [0.2, 0.25) is 0 Å². The summed E-state index contributed by atoms with van der Waals surface area (Å²) in [5, 5.41) is 2.08. The fourth-order valence-corrected chi connectivity index (χ4v) is 2.47. The molecule has 0 unspecified atom stereocenters. The zero-order valence-electron chi connectivity index (χ0n) is 9.50. The van der Waals surface area contributed by atoms with Crippen molar-refractivity contribution in [3.05, 3.63) is 52.5 Å². The van der Waals surface area contributed by atoms with Gasteiger partial charge in [0.15, 0.2) is 0 Å². The lowest BCUT2D eigenvalue weighted by molar-refractivity contribution is 0.930. The van der Waals surface area contributed by atoms with Crippen molar-refractivity contribution in [2.24, 2.45) is 7.05 Å². The van der Waals surface area contributed by atoms with Crippen LogP contribution in [0.1, 0.15) is 10.7 Å². The average molecular weight is 240 g/mol. The molecule has 17 heavy (non-hydrogen) atoms. The van der Waals surface area contributed by atoms with E-state index in [4.69, 9.17) is 0 Å². The highest BCUT2D eigenvalue weighted by Crippen LogP contribution is 2.17. The number of benzene rings is 1. The third kappa shape index (κ3) is 1.89. The van der Waals surface area contributed by atoms with Crippen LogP contribution in [-0.2, 0) is 7.05 Å². The van der Waals surface area contributed by atoms with Gasteiger partial charge in [0, 0.05) is 11.9 Å². The third-order valence-electron chi connectivity index (χ3n) is 2.76. The number of fused-ring (bicyclic) bond motifs is 1. The summed E-state index contributed by atoms with van der Waals surface area (Å²) in [4.78, 5) is 5.84. The summed E-state index contributed by atoms with van der Waals surface area (Å²) >= 11 is 1.73. The molecule has 0 amide bonds. The molecule has 84 valence electrons. The Bertz CT molecular complexity index is 663. The van der Waals surface area contributed by atoms with Crippen LogP contribution in [0.3, 0.4) is 0 Å². The van der Waals surface area contributed by atoms with Crippen LogP contribution in [-0.4, -0.2) is 9.55 Å². The van der Waals surface area contributed by atoms with Crippen molar-refractivity contribution in [1.29, 1.82) is 0 Å². The molecule has 2 aromatic heterocycles. The molecule has 2 heterocycles. The van der Waals surface area contributed by atoms with Gasteiger partial charge in [-0.1, -0.05) is 18.2 Å². The van der Waals surface area contributed by atoms with Crippen molar-refractivity contribution in [3.8, 4) is 0 Å². The molecule has 3 rings (SSSR count). The van der Waals surface area contributed by atoms with Crippen molar-refractivity contribution in [1.82, 2.24) is 9.55 Å². The van der Waals surface area contributed by atoms with Crippen LogP contribution in [0.5, 0.6) is 0 Å². The van der Waals surface area contributed by atoms with Crippen LogP contribution < -0.4 is 0 Å². The topological polar surface area (TPSA) is 17.8 Å². The highest BCUT2D eigenvalue weighted by atomic mass is 32.1. The summed E-state index contributed by atoms with van der Waals surface area (Å²) in [7, 11) is 2.05. The Labute approximate surface area is 104 Å². The lowest BCUT2D eigenvalue weighted by atomic mass is 10.3. The number of rotatable bonds is 2. The molecular formula is C14H12N2S. The molecule has 3 heteroatoms. The zero-order chi connectivity index (χ0) is 11.7. The van der Waals surface area contributed by atoms with Crippen LogP contribution in [0.4, 0.5) is 0 Å². The standard InChI is InChI=1S/C14H12N2S/c1-16-13-7-3-2-6-12(13)15-14(16)9-8-11-5-4-10-17-11/h2-10H,1H3. The first kappa shape index (κ1) is 10.3. The quantitative estimate of drug-likeness (QED) is 0.666. The smallest absolute Gasteiger partial charge is 0.133 e. The predicted octanol–water partition coefficient (Wildman–Crippen LogP) is 3.81. The van der Waals surface area contributed by atoms with Crippen LogP contribution in [0.25, 0.3) is 23.2 Å². The van der Waals surface area contributed by atoms with Crippen molar-refractivity contribution in [3.63, 3.8) is 0 Å². The highest BCUT2D eigenvalue weighted by Gasteiger charge is 2.03. The molecule has 3 aromatic rings. The maximum atomic E-state index is 4.59. The molecule has 0 aliphatic carbocycles. The molecule has 0 N–H and O–H groups in total. The number of para-hydroxylation sites is 2. The Balaban J connectivity index is 2.03. The van der Waals surface area contributed by atoms with Gasteiger partial charge >= 0.3 is 0 Å². The molecule has 0 saturated heterocycles. The summed E-state index contributed by atoms with van der Waals surface area (Å²) in [6, 6.07) is 12.3. The van der Waals surface area contributed by atoms with Crippen LogP contribution in [0.15, 0.2) is 41.8 Å². The SMILES string of the molecule is Cn1c(C=Cc2cccs2)nc2ccccc21. The first-order valence-electron chi connectivity index (χ1n) is 5.47. The van der Waals surface area contributed by atoms with E-state index in [9.17, 15) is 0 Å². The van der Waals surface area contributed by atoms with Gasteiger partial charge in [0.25, 0.3) is 0 Å². The normalized spacial score (nSPS) is 11.6. The van der Waals surface area contributed by atoms with Gasteiger partial charge in [-0.2, -0.15) is 0 Å². The van der Waals surface area contributed by atoms with E-state index < -0.39 is 0 Å². The molecule has 0 aliphatic rings. The second-order valence-corrected chi connectivity index (χ2v) is 4.85. The molecule has 0 aliphatic heterocycles. The number of aromatic nitrogens is 2. The molecule has 0 fully saturated rings. The zero-order valence-corrected chi connectivity index (χ0v) is 10.3. The number of imidazole rings is 1. The van der Waals surface area contributed by atoms with E-state index >= 15 is 0 Å². The number of hydrogen-bond acceptors (Lipinski definition) is 2. The number of nitrogens with zero attached hydrogens (tertiary/aromatic N) is 2. The minimum Gasteiger partial charge on any atom is -0.328 e. The summed E-state index contributed by atoms with van der Waals surface area (Å²) in [6.45, 7) is 0. The van der Waals surface area contributed by atoms with Gasteiger partial charge in [-0.3, -0.25) is 0 Å². The van der Waals surface area contributed by atoms with Gasteiger partial charge in [-0.15, -0.1) is 11.3 Å². The molecule has 0 spiro atoms. The maximum Gasteiger partial charge on any atom is 0.133 e. The van der Waals surface area contributed by atoms with E-state index in [0.29, 0.717) is 0 Å². The lowest BCUT2D eigenvalue weighted by Crippen LogP contribution is -1.90. The maximum absolute atomic E-state index is 4.59. The van der Waals surface area contributed by atoms with E-state index in [1.54, 1.807) is 11.3 Å². The van der Waals surface area contributed by atoms with E-state index in [1.807, 2.05) is 25.2 Å². The summed E-state index contributed by atoms with van der Waals surface area (Å²) in [5.74, 6) is 0.986. The fourth-order valence-electron chi connectivity index (χ4n) is 1.86. The minimum atomic E-state index is 0.986. The van der Waals surface area contributed by atoms with Gasteiger partial charge in [-0.25, -0.2) is 4.98 Å². The predicted molar refractivity (Wildman–Crippen MR) is 74.0 cm³/mol. The Morgan fingerprint density at radius 3 is 2.76 bits per heavy atom. The molecule has 1 aromatic carbocycles. The number of thiophene rings is 1. The monoisotopic (exact) mass is 240 g/mol. The van der Waals surface area contributed by atoms with Crippen molar-refractivity contribution in [2.45, 2.75) is 0 Å². The van der Waals surface area contributed by atoms with Gasteiger partial charge in [-0.05, 0) is 35.7 Å². The van der Waals surface area contributed by atoms with Crippen molar-refractivity contribution in [2.75, 3.05) is 0 Å². The van der Waals surface area contributed by atoms with E-state index in [0.717, 1.165) is 11.3 Å². The van der Waals surface area contributed by atoms with Crippen LogP contribution in [0, 0.1) is 0 Å². The average Bonchev–Trinajstić information content (AvgIpc) is 2.96. The molecule has 0 atom stereocenters. The minimum absolute atomic E-state index is 0.986. The van der Waals surface area contributed by atoms with Crippen LogP contribution in [0.2, 0.25) is 0 Å². The van der Waals surface area contributed by atoms with E-state index in [1.165, 1.54) is 10.4 Å². The van der Waals surface area contributed by atoms with E-state index in [2.05, 4.69) is 45.3 Å². The second-order valence-electron chi connectivity index (χ2n) is 3.87. The molecule has 2 nitrogen and oxygen atoms in total. The Hall–Kier alpha value is -1.87. The van der Waals surface area contributed by atoms with E-state index in [-0.39, 0.29) is 0 Å². The second kappa shape index (κ2) is 4.18. The third-order valence-corrected chi connectivity index (χ3v) is 3.60. The number of hydrogen-bond donors (Lipinski definition) is 0. The first-order valence-corrected chi connectivity index (χ1v) is 6.35.